The first-order chi connectivity index (χ1) is 19.9. The molecule has 0 unspecified atom stereocenters. The number of rotatable bonds is 8. The summed E-state index contributed by atoms with van der Waals surface area (Å²) in [6.45, 7) is 2.34. The van der Waals surface area contributed by atoms with E-state index < -0.39 is 5.97 Å². The molecular weight excluding hydrogens is 542 g/mol. The van der Waals surface area contributed by atoms with E-state index in [4.69, 9.17) is 31.1 Å². The Balaban J connectivity index is 1.21. The quantitative estimate of drug-likeness (QED) is 0.232. The Morgan fingerprint density at radius 3 is 2.39 bits per heavy atom. The number of fused-ring (bicyclic) bond motifs is 2. The number of aryl methyl sites for hydroxylation is 1. The van der Waals surface area contributed by atoms with Gasteiger partial charge in [0.1, 0.15) is 5.52 Å². The molecule has 10 heteroatoms. The number of carboxylic acids is 1. The van der Waals surface area contributed by atoms with Gasteiger partial charge in [0, 0.05) is 48.7 Å². The smallest absolute Gasteiger partial charge is 0.303 e. The molecule has 0 bridgehead atoms. The molecule has 1 aliphatic heterocycles. The molecule has 0 atom stereocenters. The molecule has 1 saturated heterocycles. The van der Waals surface area contributed by atoms with Gasteiger partial charge in [-0.25, -0.2) is 9.97 Å². The molecule has 3 heterocycles. The van der Waals surface area contributed by atoms with Gasteiger partial charge in [0.25, 0.3) is 11.9 Å². The lowest BCUT2D eigenvalue weighted by molar-refractivity contribution is -0.137. The van der Waals surface area contributed by atoms with Crippen molar-refractivity contribution >= 4 is 51.6 Å². The molecule has 1 fully saturated rings. The number of para-hydroxylation sites is 2. The van der Waals surface area contributed by atoms with Crippen molar-refractivity contribution in [3.8, 4) is 11.3 Å². The fourth-order valence-corrected chi connectivity index (χ4v) is 5.21. The number of aliphatic carboxylic acids is 1. The second-order valence-corrected chi connectivity index (χ2v) is 10.5. The summed E-state index contributed by atoms with van der Waals surface area (Å²) < 4.78 is 5.90. The third-order valence-electron chi connectivity index (χ3n) is 7.28. The van der Waals surface area contributed by atoms with Gasteiger partial charge in [-0.2, -0.15) is 4.98 Å². The normalized spacial score (nSPS) is 13.7. The Morgan fingerprint density at radius 1 is 0.854 bits per heavy atom. The number of oxazole rings is 1. The van der Waals surface area contributed by atoms with E-state index in [0.29, 0.717) is 73.1 Å². The SMILES string of the molecule is O=C(O)CCCCc1nc2cc(C(=O)N3CCN(c4nc5ccccc5o4)CC3)ccc2nc1-c1ccc(Cl)cc1. The van der Waals surface area contributed by atoms with Gasteiger partial charge in [-0.1, -0.05) is 35.9 Å². The molecule has 1 amide bonds. The average Bonchev–Trinajstić information content (AvgIpc) is 3.43. The van der Waals surface area contributed by atoms with E-state index in [-0.39, 0.29) is 12.3 Å². The van der Waals surface area contributed by atoms with Crippen molar-refractivity contribution < 1.29 is 19.1 Å². The number of unbranched alkanes of at least 4 members (excludes halogenated alkanes) is 1. The number of hydrogen-bond donors (Lipinski definition) is 1. The summed E-state index contributed by atoms with van der Waals surface area (Å²) in [5, 5.41) is 9.64. The van der Waals surface area contributed by atoms with Gasteiger partial charge < -0.3 is 19.3 Å². The van der Waals surface area contributed by atoms with Gasteiger partial charge in [0.15, 0.2) is 5.58 Å². The van der Waals surface area contributed by atoms with Crippen molar-refractivity contribution in [1.82, 2.24) is 19.9 Å². The molecule has 9 nitrogen and oxygen atoms in total. The first-order valence-corrected chi connectivity index (χ1v) is 14.0. The highest BCUT2D eigenvalue weighted by molar-refractivity contribution is 6.30. The van der Waals surface area contributed by atoms with Crippen LogP contribution in [0.3, 0.4) is 0 Å². The number of benzene rings is 3. The Labute approximate surface area is 241 Å². The molecule has 1 aliphatic rings. The van der Waals surface area contributed by atoms with Crippen LogP contribution in [0.4, 0.5) is 6.01 Å². The first kappa shape index (κ1) is 26.7. The fourth-order valence-electron chi connectivity index (χ4n) is 5.08. The number of aromatic nitrogens is 3. The van der Waals surface area contributed by atoms with Crippen LogP contribution in [0.2, 0.25) is 5.02 Å². The lowest BCUT2D eigenvalue weighted by Crippen LogP contribution is -2.48. The standard InChI is InChI=1S/C31H28ClN5O4/c32-22-12-9-20(10-13-22)29-25(6-2-4-8-28(38)39)33-26-19-21(11-14-23(26)34-29)30(40)36-15-17-37(18-16-36)31-35-24-5-1-3-7-27(24)41-31/h1,3,5,7,9-14,19H,2,4,6,8,15-18H2,(H,38,39). The van der Waals surface area contributed by atoms with E-state index in [9.17, 15) is 9.59 Å². The summed E-state index contributed by atoms with van der Waals surface area (Å²) in [7, 11) is 0. The molecule has 1 N–H and O–H groups in total. The number of carboxylic acid groups (broad SMARTS) is 1. The Kier molecular flexibility index (Phi) is 7.52. The van der Waals surface area contributed by atoms with Crippen molar-refractivity contribution in [2.45, 2.75) is 25.7 Å². The summed E-state index contributed by atoms with van der Waals surface area (Å²) in [4.78, 5) is 42.7. The summed E-state index contributed by atoms with van der Waals surface area (Å²) in [5.74, 6) is -0.874. The maximum atomic E-state index is 13.5. The zero-order valence-corrected chi connectivity index (χ0v) is 23.0. The fraction of sp³-hybridized carbons (Fsp3) is 0.258. The minimum atomic E-state index is -0.814. The second kappa shape index (κ2) is 11.5. The molecule has 0 spiro atoms. The molecule has 41 heavy (non-hydrogen) atoms. The molecule has 208 valence electrons. The summed E-state index contributed by atoms with van der Waals surface area (Å²) in [6, 6.07) is 21.1. The summed E-state index contributed by atoms with van der Waals surface area (Å²) in [5.41, 5.74) is 5.82. The van der Waals surface area contributed by atoms with E-state index in [2.05, 4.69) is 9.88 Å². The molecule has 5 aromatic rings. The van der Waals surface area contributed by atoms with Crippen LogP contribution < -0.4 is 4.90 Å². The molecule has 2 aromatic heterocycles. The Bertz CT molecular complexity index is 1700. The number of anilines is 1. The van der Waals surface area contributed by atoms with E-state index in [0.717, 1.165) is 28.1 Å². The van der Waals surface area contributed by atoms with Crippen LogP contribution in [-0.2, 0) is 11.2 Å². The third kappa shape index (κ3) is 5.85. The molecule has 3 aromatic carbocycles. The molecule has 6 rings (SSSR count). The number of nitrogens with zero attached hydrogens (tertiary/aromatic N) is 5. The number of amides is 1. The van der Waals surface area contributed by atoms with Gasteiger partial charge in [-0.05, 0) is 61.7 Å². The minimum Gasteiger partial charge on any atom is -0.481 e. The number of piperazine rings is 1. The van der Waals surface area contributed by atoms with Gasteiger partial charge in [0.2, 0.25) is 0 Å². The van der Waals surface area contributed by atoms with Crippen LogP contribution in [0.25, 0.3) is 33.4 Å². The molecule has 0 radical (unpaired) electrons. The highest BCUT2D eigenvalue weighted by Gasteiger charge is 2.25. The maximum Gasteiger partial charge on any atom is 0.303 e. The van der Waals surface area contributed by atoms with Gasteiger partial charge in [-0.3, -0.25) is 9.59 Å². The van der Waals surface area contributed by atoms with E-state index in [1.807, 2.05) is 59.5 Å². The van der Waals surface area contributed by atoms with E-state index in [1.165, 1.54) is 0 Å². The molecule has 0 saturated carbocycles. The van der Waals surface area contributed by atoms with Gasteiger partial charge in [0.05, 0.1) is 22.4 Å². The van der Waals surface area contributed by atoms with Crippen molar-refractivity contribution in [3.63, 3.8) is 0 Å². The summed E-state index contributed by atoms with van der Waals surface area (Å²) >= 11 is 6.10. The van der Waals surface area contributed by atoms with Crippen LogP contribution in [0.1, 0.15) is 35.3 Å². The zero-order chi connectivity index (χ0) is 28.3. The van der Waals surface area contributed by atoms with Gasteiger partial charge in [-0.15, -0.1) is 0 Å². The second-order valence-electron chi connectivity index (χ2n) is 10.1. The molecule has 0 aliphatic carbocycles. The van der Waals surface area contributed by atoms with Crippen LogP contribution >= 0.6 is 11.6 Å². The summed E-state index contributed by atoms with van der Waals surface area (Å²) in [6.07, 6.45) is 1.89. The third-order valence-corrected chi connectivity index (χ3v) is 7.53. The predicted octanol–water partition coefficient (Wildman–Crippen LogP) is 5.85. The lowest BCUT2D eigenvalue weighted by Gasteiger charge is -2.33. The number of halogens is 1. The van der Waals surface area contributed by atoms with Crippen molar-refractivity contribution in [2.24, 2.45) is 0 Å². The number of hydrogen-bond acceptors (Lipinski definition) is 7. The van der Waals surface area contributed by atoms with Crippen LogP contribution in [0, 0.1) is 0 Å². The van der Waals surface area contributed by atoms with Gasteiger partial charge >= 0.3 is 5.97 Å². The van der Waals surface area contributed by atoms with E-state index in [1.54, 1.807) is 12.1 Å². The largest absolute Gasteiger partial charge is 0.481 e. The van der Waals surface area contributed by atoms with E-state index >= 15 is 0 Å². The maximum absolute atomic E-state index is 13.5. The van der Waals surface area contributed by atoms with Crippen molar-refractivity contribution in [2.75, 3.05) is 31.1 Å². The Hall–Kier alpha value is -4.50. The number of carbonyl (C=O) groups excluding carboxylic acids is 1. The first-order valence-electron chi connectivity index (χ1n) is 13.6. The topological polar surface area (TPSA) is 113 Å². The zero-order valence-electron chi connectivity index (χ0n) is 22.3. The van der Waals surface area contributed by atoms with Crippen molar-refractivity contribution in [3.05, 3.63) is 83.0 Å². The van der Waals surface area contributed by atoms with Crippen LogP contribution in [0.15, 0.2) is 71.1 Å². The highest BCUT2D eigenvalue weighted by Crippen LogP contribution is 2.28. The number of carbonyl (C=O) groups is 2. The molecular formula is C31H28ClN5O4. The van der Waals surface area contributed by atoms with Crippen molar-refractivity contribution in [1.29, 1.82) is 0 Å². The minimum absolute atomic E-state index is 0.0595. The van der Waals surface area contributed by atoms with Crippen LogP contribution in [0.5, 0.6) is 0 Å². The lowest BCUT2D eigenvalue weighted by atomic mass is 10.0. The monoisotopic (exact) mass is 569 g/mol. The van der Waals surface area contributed by atoms with Crippen LogP contribution in [-0.4, -0.2) is 63.0 Å². The highest BCUT2D eigenvalue weighted by atomic mass is 35.5. The average molecular weight is 570 g/mol. The Morgan fingerprint density at radius 2 is 1.63 bits per heavy atom. The predicted molar refractivity (Wildman–Crippen MR) is 157 cm³/mol.